The minimum Gasteiger partial charge on any atom is -0.423 e. The third-order valence-electron chi connectivity index (χ3n) is 11.9. The Morgan fingerprint density at radius 1 is 0.300 bits per heavy atom. The van der Waals surface area contributed by atoms with Crippen molar-refractivity contribution in [3.63, 3.8) is 0 Å². The van der Waals surface area contributed by atoms with E-state index in [0.717, 1.165) is 10.8 Å². The van der Waals surface area contributed by atoms with Gasteiger partial charge in [0.2, 0.25) is 0 Å². The number of carbonyl (C=O) groups excluding carboxylic acids is 6. The van der Waals surface area contributed by atoms with Crippen LogP contribution in [0.25, 0.3) is 78.9 Å². The molecule has 4 N–H and O–H groups in total. The van der Waals surface area contributed by atoms with E-state index in [1.807, 2.05) is 36.4 Å². The van der Waals surface area contributed by atoms with E-state index in [2.05, 4.69) is 33.1 Å². The third kappa shape index (κ3) is 4.09. The van der Waals surface area contributed by atoms with Gasteiger partial charge in [-0.25, -0.2) is 28.8 Å². The molecule has 8 aromatic rings. The number of aromatic nitrogens is 4. The number of hydrogen-bond acceptors (Lipinski definition) is 10. The molecule has 0 spiro atoms. The second-order valence-electron chi connectivity index (χ2n) is 15.1. The standard InChI is InChI=1S/C46H20N4O10/c1-15-17-3-19-21(5-27(17)41(51)57-15)35-12-37-23-7-29-31(45(55)59-43(29)53)9-25(23)39(49-37)14-40-26-10-32-30(44(54)60-46(32)56)8-24(26)38(50-40)13-36-22-6-28-18(16(2)58-42(28)52)4-20(22)34(48-36)11-33(19)47-35/h3-14,47-50H,1-2H2. The van der Waals surface area contributed by atoms with Crippen molar-refractivity contribution in [1.82, 2.24) is 19.9 Å². The molecule has 4 aromatic carbocycles. The maximum atomic E-state index is 13.0. The van der Waals surface area contributed by atoms with Gasteiger partial charge >= 0.3 is 35.8 Å². The molecule has 284 valence electrons. The van der Waals surface area contributed by atoms with Gasteiger partial charge in [-0.2, -0.15) is 0 Å². The molecule has 60 heavy (non-hydrogen) atoms. The lowest BCUT2D eigenvalue weighted by molar-refractivity contribution is 0.0425. The van der Waals surface area contributed by atoms with Gasteiger partial charge in [-0.05, 0) is 72.8 Å². The van der Waals surface area contributed by atoms with Crippen LogP contribution in [0.5, 0.6) is 0 Å². The van der Waals surface area contributed by atoms with E-state index in [0.29, 0.717) is 98.7 Å². The summed E-state index contributed by atoms with van der Waals surface area (Å²) < 4.78 is 20.8. The highest BCUT2D eigenvalue weighted by Crippen LogP contribution is 2.37. The first-order chi connectivity index (χ1) is 28.9. The van der Waals surface area contributed by atoms with Crippen LogP contribution in [-0.4, -0.2) is 55.8 Å². The summed E-state index contributed by atoms with van der Waals surface area (Å²) in [6.07, 6.45) is 7.42. The number of hydrogen-bond donors (Lipinski definition) is 4. The molecule has 14 heteroatoms. The summed E-state index contributed by atoms with van der Waals surface area (Å²) in [4.78, 5) is 91.4. The molecule has 0 amide bonds. The second-order valence-corrected chi connectivity index (χ2v) is 15.1. The van der Waals surface area contributed by atoms with E-state index in [1.165, 1.54) is 0 Å². The largest absolute Gasteiger partial charge is 0.423 e. The first-order valence-corrected chi connectivity index (χ1v) is 18.5. The van der Waals surface area contributed by atoms with Crippen LogP contribution in [0.2, 0.25) is 0 Å². The average Bonchev–Trinajstić information content (AvgIpc) is 4.10. The molecule has 0 saturated carbocycles. The molecule has 4 aromatic heterocycles. The molecule has 0 unspecified atom stereocenters. The molecule has 0 atom stereocenters. The van der Waals surface area contributed by atoms with Crippen LogP contribution in [0.1, 0.15) is 96.1 Å². The quantitative estimate of drug-likeness (QED) is 0.0983. The van der Waals surface area contributed by atoms with Crippen LogP contribution in [-0.2, 0) is 18.9 Å². The van der Waals surface area contributed by atoms with Crippen molar-refractivity contribution in [2.45, 2.75) is 0 Å². The number of fused-ring (bicyclic) bond motifs is 24. The molecule has 0 fully saturated rings. The summed E-state index contributed by atoms with van der Waals surface area (Å²) in [5.74, 6) is -3.69. The van der Waals surface area contributed by atoms with Gasteiger partial charge in [-0.3, -0.25) is 0 Å². The van der Waals surface area contributed by atoms with Gasteiger partial charge in [0, 0.05) is 98.4 Å². The zero-order chi connectivity index (χ0) is 40.6. The van der Waals surface area contributed by atoms with Crippen molar-refractivity contribution in [2.75, 3.05) is 0 Å². The van der Waals surface area contributed by atoms with Gasteiger partial charge < -0.3 is 38.9 Å². The SMILES string of the molecule is C=C1OC(=O)c2cc3c4[nH]c(c3cc21)C=c1[nH]c(c2cc3c(cc12)C(=C)OC3=O)=Cc1[nH]c(c2cc3c(cc12)C(=O)OC3=O)C=c1[nH]c(c2cc3c(cc12)C(=O)OC3=O)=C4. The Morgan fingerprint density at radius 2 is 0.533 bits per heavy atom. The maximum Gasteiger partial charge on any atom is 0.346 e. The highest BCUT2D eigenvalue weighted by atomic mass is 16.6. The molecule has 0 aliphatic carbocycles. The van der Waals surface area contributed by atoms with Crippen LogP contribution in [0.3, 0.4) is 0 Å². The smallest absolute Gasteiger partial charge is 0.346 e. The summed E-state index contributed by atoms with van der Waals surface area (Å²) in [5, 5.41) is 7.43. The van der Waals surface area contributed by atoms with Crippen LogP contribution in [0.4, 0.5) is 0 Å². The predicted molar refractivity (Wildman–Crippen MR) is 214 cm³/mol. The summed E-state index contributed by atoms with van der Waals surface area (Å²) in [6.45, 7) is 7.91. The number of carbonyl (C=O) groups is 6. The number of aromatic amines is 4. The monoisotopic (exact) mass is 788 g/mol. The highest BCUT2D eigenvalue weighted by molar-refractivity contribution is 6.19. The molecule has 5 aliphatic rings. The molecule has 14 nitrogen and oxygen atoms in total. The Morgan fingerprint density at radius 3 is 0.850 bits per heavy atom. The Hall–Kier alpha value is -8.78. The van der Waals surface area contributed by atoms with Gasteiger partial charge in [0.15, 0.2) is 0 Å². The fourth-order valence-corrected chi connectivity index (χ4v) is 9.10. The molecule has 8 bridgehead atoms. The summed E-state index contributed by atoms with van der Waals surface area (Å²) in [7, 11) is 0. The topological polar surface area (TPSA) is 202 Å². The lowest BCUT2D eigenvalue weighted by Gasteiger charge is -1.99. The van der Waals surface area contributed by atoms with Crippen LogP contribution in [0, 0.1) is 0 Å². The number of cyclic esters (lactones) is 6. The van der Waals surface area contributed by atoms with Crippen LogP contribution >= 0.6 is 0 Å². The predicted octanol–water partition coefficient (Wildman–Crippen LogP) is 4.14. The second kappa shape index (κ2) is 10.6. The summed E-state index contributed by atoms with van der Waals surface area (Å²) >= 11 is 0. The Kier molecular flexibility index (Phi) is 5.70. The van der Waals surface area contributed by atoms with Gasteiger partial charge in [0.05, 0.1) is 33.4 Å². The van der Waals surface area contributed by atoms with E-state index in [9.17, 15) is 28.8 Å². The van der Waals surface area contributed by atoms with Gasteiger partial charge in [-0.15, -0.1) is 0 Å². The van der Waals surface area contributed by atoms with Crippen molar-refractivity contribution in [1.29, 1.82) is 0 Å². The van der Waals surface area contributed by atoms with E-state index < -0.39 is 35.8 Å². The molecule has 13 rings (SSSR count). The fourth-order valence-electron chi connectivity index (χ4n) is 9.10. The van der Waals surface area contributed by atoms with Crippen LogP contribution in [0.15, 0.2) is 61.7 Å². The van der Waals surface area contributed by atoms with Crippen molar-refractivity contribution in [3.05, 3.63) is 150 Å². The molecule has 5 aliphatic heterocycles. The molecular formula is C46H20N4O10. The number of esters is 6. The summed E-state index contributed by atoms with van der Waals surface area (Å²) in [5.41, 5.74) is 4.50. The van der Waals surface area contributed by atoms with Gasteiger partial charge in [0.25, 0.3) is 0 Å². The number of H-pyrrole nitrogens is 4. The number of nitrogens with one attached hydrogen (secondary N) is 4. The lowest BCUT2D eigenvalue weighted by atomic mass is 10.0. The Bertz CT molecular complexity index is 3440. The first kappa shape index (κ1) is 32.3. The third-order valence-corrected chi connectivity index (χ3v) is 11.9. The Labute approximate surface area is 332 Å². The molecular weight excluding hydrogens is 769 g/mol. The normalized spacial score (nSPS) is 16.0. The minimum absolute atomic E-state index is 0.104. The average molecular weight is 789 g/mol. The molecule has 0 saturated heterocycles. The van der Waals surface area contributed by atoms with E-state index >= 15 is 0 Å². The van der Waals surface area contributed by atoms with Crippen molar-refractivity contribution in [3.8, 4) is 0 Å². The van der Waals surface area contributed by atoms with Crippen molar-refractivity contribution >= 4 is 115 Å². The zero-order valence-electron chi connectivity index (χ0n) is 30.4. The fraction of sp³-hybridized carbons (Fsp3) is 0. The number of ether oxygens (including phenoxy) is 4. The summed E-state index contributed by atoms with van der Waals surface area (Å²) in [6, 6.07) is 13.6. The van der Waals surface area contributed by atoms with Gasteiger partial charge in [0.1, 0.15) is 11.5 Å². The lowest BCUT2D eigenvalue weighted by Crippen LogP contribution is -2.11. The van der Waals surface area contributed by atoms with E-state index in [1.54, 1.807) is 36.4 Å². The zero-order valence-corrected chi connectivity index (χ0v) is 30.4. The van der Waals surface area contributed by atoms with Gasteiger partial charge in [-0.1, -0.05) is 13.2 Å². The minimum atomic E-state index is -0.771. The highest BCUT2D eigenvalue weighted by Gasteiger charge is 2.33. The number of benzene rings is 4. The van der Waals surface area contributed by atoms with Crippen molar-refractivity contribution < 1.29 is 47.7 Å². The van der Waals surface area contributed by atoms with Crippen LogP contribution < -0.4 is 21.4 Å². The Balaban J connectivity index is 1.22. The van der Waals surface area contributed by atoms with Crippen molar-refractivity contribution in [2.24, 2.45) is 0 Å². The first-order valence-electron chi connectivity index (χ1n) is 18.5. The van der Waals surface area contributed by atoms with E-state index in [4.69, 9.17) is 18.9 Å². The molecule has 0 radical (unpaired) electrons. The maximum absolute atomic E-state index is 13.0. The molecule has 9 heterocycles. The van der Waals surface area contributed by atoms with E-state index in [-0.39, 0.29) is 33.8 Å². The number of rotatable bonds is 0.